The van der Waals surface area contributed by atoms with Gasteiger partial charge in [0.25, 0.3) is 0 Å². The molecule has 0 aromatic heterocycles. The number of rotatable bonds is 4. The highest BCUT2D eigenvalue weighted by molar-refractivity contribution is 5.80. The first-order valence-electron chi connectivity index (χ1n) is 9.15. The highest BCUT2D eigenvalue weighted by Crippen LogP contribution is 2.58. The molecule has 0 radical (unpaired) electrons. The zero-order chi connectivity index (χ0) is 18.7. The summed E-state index contributed by atoms with van der Waals surface area (Å²) in [6.45, 7) is 1.92. The minimum absolute atomic E-state index is 0.0120. The molecule has 3 amide bonds. The quantitative estimate of drug-likeness (QED) is 0.813. The summed E-state index contributed by atoms with van der Waals surface area (Å²) >= 11 is 0. The van der Waals surface area contributed by atoms with Crippen LogP contribution >= 0.6 is 0 Å². The van der Waals surface area contributed by atoms with E-state index >= 15 is 0 Å². The Hall–Kier alpha value is -1.51. The van der Waals surface area contributed by atoms with Crippen molar-refractivity contribution < 1.29 is 27.5 Å². The van der Waals surface area contributed by atoms with E-state index in [1.54, 1.807) is 9.80 Å². The van der Waals surface area contributed by atoms with Crippen LogP contribution in [0.2, 0.25) is 0 Å². The van der Waals surface area contributed by atoms with Gasteiger partial charge in [0.15, 0.2) is 0 Å². The van der Waals surface area contributed by atoms with Gasteiger partial charge in [0.2, 0.25) is 5.91 Å². The Bertz CT molecular complexity index is 606. The molecule has 2 aliphatic heterocycles. The van der Waals surface area contributed by atoms with Gasteiger partial charge in [0.1, 0.15) is 0 Å². The van der Waals surface area contributed by atoms with Crippen molar-refractivity contribution in [3.8, 4) is 0 Å². The summed E-state index contributed by atoms with van der Waals surface area (Å²) in [5.74, 6) is -0.634. The molecule has 1 spiro atoms. The molecule has 1 atom stereocenters. The summed E-state index contributed by atoms with van der Waals surface area (Å²) in [7, 11) is 0. The number of hydrogen-bond donors (Lipinski definition) is 1. The second-order valence-electron chi connectivity index (χ2n) is 8.59. The van der Waals surface area contributed by atoms with E-state index in [4.69, 9.17) is 10.5 Å². The number of nitrogens with two attached hydrogens (primary N) is 1. The Balaban J connectivity index is 1.18. The van der Waals surface area contributed by atoms with E-state index in [1.165, 1.54) is 0 Å². The van der Waals surface area contributed by atoms with Gasteiger partial charge < -0.3 is 20.3 Å². The van der Waals surface area contributed by atoms with Gasteiger partial charge in [-0.15, -0.1) is 0 Å². The Labute approximate surface area is 149 Å². The number of primary amides is 1. The first-order chi connectivity index (χ1) is 12.1. The summed E-state index contributed by atoms with van der Waals surface area (Å²) in [5.41, 5.74) is 3.69. The minimum atomic E-state index is -4.17. The third-order valence-electron chi connectivity index (χ3n) is 6.56. The number of alkyl halides is 3. The monoisotopic (exact) mass is 375 g/mol. The van der Waals surface area contributed by atoms with Crippen molar-refractivity contribution in [2.75, 3.05) is 32.8 Å². The molecular weight excluding hydrogens is 351 g/mol. The van der Waals surface area contributed by atoms with Gasteiger partial charge in [-0.05, 0) is 32.1 Å². The lowest BCUT2D eigenvalue weighted by atomic mass is 9.62. The van der Waals surface area contributed by atoms with Gasteiger partial charge in [0, 0.05) is 31.6 Å². The molecule has 0 unspecified atom stereocenters. The van der Waals surface area contributed by atoms with Crippen LogP contribution in [-0.4, -0.2) is 66.8 Å². The molecule has 4 aliphatic rings. The smallest absolute Gasteiger partial charge is 0.377 e. The molecule has 0 aromatic carbocycles. The predicted molar refractivity (Wildman–Crippen MR) is 85.0 cm³/mol. The first-order valence-corrected chi connectivity index (χ1v) is 9.15. The maximum Gasteiger partial charge on any atom is 0.396 e. The lowest BCUT2D eigenvalue weighted by molar-refractivity contribution is -0.219. The highest BCUT2D eigenvalue weighted by Gasteiger charge is 2.64. The van der Waals surface area contributed by atoms with E-state index in [0.717, 1.165) is 0 Å². The third kappa shape index (κ3) is 2.93. The largest absolute Gasteiger partial charge is 0.396 e. The molecule has 26 heavy (non-hydrogen) atoms. The zero-order valence-electron chi connectivity index (χ0n) is 14.6. The Morgan fingerprint density at radius 3 is 2.31 bits per heavy atom. The van der Waals surface area contributed by atoms with Crippen LogP contribution in [0.15, 0.2) is 0 Å². The SMILES string of the molecule is NC(=O)[C@H]1CCN(C(=O)N2CC3(CC(OCC4(C(F)(F)F)CC4)C3)C2)C1. The molecule has 0 bridgehead atoms. The van der Waals surface area contributed by atoms with Crippen molar-refractivity contribution in [1.82, 2.24) is 9.80 Å². The van der Waals surface area contributed by atoms with Crippen molar-refractivity contribution in [3.05, 3.63) is 0 Å². The van der Waals surface area contributed by atoms with E-state index in [-0.39, 0.29) is 48.8 Å². The van der Waals surface area contributed by atoms with Gasteiger partial charge in [0.05, 0.1) is 24.0 Å². The lowest BCUT2D eigenvalue weighted by Crippen LogP contribution is -2.67. The molecular formula is C17H24F3N3O3. The minimum Gasteiger partial charge on any atom is -0.377 e. The van der Waals surface area contributed by atoms with Crippen molar-refractivity contribution in [2.24, 2.45) is 22.5 Å². The fraction of sp³-hybridized carbons (Fsp3) is 0.882. The number of urea groups is 1. The molecule has 4 rings (SSSR count). The van der Waals surface area contributed by atoms with Gasteiger partial charge in [-0.25, -0.2) is 4.79 Å². The zero-order valence-corrected chi connectivity index (χ0v) is 14.6. The maximum absolute atomic E-state index is 12.9. The average molecular weight is 375 g/mol. The topological polar surface area (TPSA) is 75.9 Å². The van der Waals surface area contributed by atoms with E-state index in [2.05, 4.69) is 0 Å². The van der Waals surface area contributed by atoms with Crippen molar-refractivity contribution in [3.63, 3.8) is 0 Å². The number of nitrogens with zero attached hydrogens (tertiary/aromatic N) is 2. The number of ether oxygens (including phenoxy) is 1. The number of amides is 3. The molecule has 2 saturated carbocycles. The maximum atomic E-state index is 12.9. The first kappa shape index (κ1) is 17.9. The Morgan fingerprint density at radius 2 is 1.81 bits per heavy atom. The van der Waals surface area contributed by atoms with Crippen LogP contribution in [0.25, 0.3) is 0 Å². The summed E-state index contributed by atoms with van der Waals surface area (Å²) in [4.78, 5) is 27.0. The van der Waals surface area contributed by atoms with E-state index < -0.39 is 11.6 Å². The Kier molecular flexibility index (Phi) is 3.95. The van der Waals surface area contributed by atoms with Gasteiger partial charge >= 0.3 is 12.2 Å². The normalized spacial score (nSPS) is 29.4. The van der Waals surface area contributed by atoms with Crippen molar-refractivity contribution in [2.45, 2.75) is 44.4 Å². The molecule has 2 heterocycles. The second kappa shape index (κ2) is 5.74. The number of halogens is 3. The van der Waals surface area contributed by atoms with Gasteiger partial charge in [-0.1, -0.05) is 0 Å². The molecule has 146 valence electrons. The van der Waals surface area contributed by atoms with E-state index in [9.17, 15) is 22.8 Å². The van der Waals surface area contributed by atoms with Crippen LogP contribution in [0.3, 0.4) is 0 Å². The molecule has 4 fully saturated rings. The summed E-state index contributed by atoms with van der Waals surface area (Å²) < 4.78 is 44.2. The summed E-state index contributed by atoms with van der Waals surface area (Å²) in [5, 5.41) is 0. The molecule has 2 aliphatic carbocycles. The van der Waals surface area contributed by atoms with Crippen LogP contribution in [0.5, 0.6) is 0 Å². The van der Waals surface area contributed by atoms with E-state index in [1.807, 2.05) is 0 Å². The van der Waals surface area contributed by atoms with E-state index in [0.29, 0.717) is 45.4 Å². The fourth-order valence-corrected chi connectivity index (χ4v) is 4.49. The lowest BCUT2D eigenvalue weighted by Gasteiger charge is -2.59. The van der Waals surface area contributed by atoms with Crippen LogP contribution in [0.1, 0.15) is 32.1 Å². The second-order valence-corrected chi connectivity index (χ2v) is 8.59. The van der Waals surface area contributed by atoms with Crippen LogP contribution in [-0.2, 0) is 9.53 Å². The predicted octanol–water partition coefficient (Wildman–Crippen LogP) is 1.74. The van der Waals surface area contributed by atoms with Crippen LogP contribution in [0.4, 0.5) is 18.0 Å². The van der Waals surface area contributed by atoms with Gasteiger partial charge in [-0.3, -0.25) is 4.79 Å². The Morgan fingerprint density at radius 1 is 1.15 bits per heavy atom. The molecule has 2 saturated heterocycles. The summed E-state index contributed by atoms with van der Waals surface area (Å²) in [6, 6.07) is -0.0715. The van der Waals surface area contributed by atoms with Crippen molar-refractivity contribution in [1.29, 1.82) is 0 Å². The molecule has 0 aromatic rings. The van der Waals surface area contributed by atoms with Gasteiger partial charge in [-0.2, -0.15) is 13.2 Å². The molecule has 2 N–H and O–H groups in total. The molecule has 6 nitrogen and oxygen atoms in total. The third-order valence-corrected chi connectivity index (χ3v) is 6.56. The fourth-order valence-electron chi connectivity index (χ4n) is 4.49. The van der Waals surface area contributed by atoms with Crippen molar-refractivity contribution >= 4 is 11.9 Å². The van der Waals surface area contributed by atoms with Crippen LogP contribution < -0.4 is 5.73 Å². The number of likely N-dealkylation sites (tertiary alicyclic amines) is 2. The number of hydrogen-bond acceptors (Lipinski definition) is 3. The average Bonchev–Trinajstić information content (AvgIpc) is 3.11. The molecule has 9 heteroatoms. The standard InChI is InChI=1S/C17H24F3N3O3/c18-17(19,20)16(2-3-16)10-26-12-5-15(6-12)8-23(9-15)14(25)22-4-1-11(7-22)13(21)24/h11-12H,1-10H2,(H2,21,24)/t11-/m0/s1. The number of carbonyl (C=O) groups is 2. The van der Waals surface area contributed by atoms with Crippen LogP contribution in [0, 0.1) is 16.7 Å². The number of carbonyl (C=O) groups excluding carboxylic acids is 2. The highest BCUT2D eigenvalue weighted by atomic mass is 19.4. The summed E-state index contributed by atoms with van der Waals surface area (Å²) in [6.07, 6.45) is -1.93.